The maximum absolute atomic E-state index is 4.21. The normalized spacial score (nSPS) is 12.4. The van der Waals surface area contributed by atoms with Crippen LogP contribution < -0.4 is 5.32 Å². The number of pyridine rings is 1. The van der Waals surface area contributed by atoms with Crippen LogP contribution in [0.1, 0.15) is 29.7 Å². The summed E-state index contributed by atoms with van der Waals surface area (Å²) in [5, 5.41) is 3.51. The molecule has 1 N–H and O–H groups in total. The van der Waals surface area contributed by atoms with Gasteiger partial charge < -0.3 is 5.32 Å². The second kappa shape index (κ2) is 6.12. The molecule has 2 nitrogen and oxygen atoms in total. The number of nitrogens with zero attached hydrogens (tertiary/aromatic N) is 1. The summed E-state index contributed by atoms with van der Waals surface area (Å²) in [6, 6.07) is 10.8. The largest absolute Gasteiger partial charge is 0.306 e. The maximum atomic E-state index is 4.21. The SMILES string of the molecule is CCNC(c1cccnc1)c1cc(C)cc(Br)c1. The van der Waals surface area contributed by atoms with Gasteiger partial charge in [-0.25, -0.2) is 0 Å². The molecule has 1 atom stereocenters. The molecule has 2 aromatic rings. The summed E-state index contributed by atoms with van der Waals surface area (Å²) in [6.07, 6.45) is 3.72. The van der Waals surface area contributed by atoms with Gasteiger partial charge in [0.25, 0.3) is 0 Å². The number of rotatable bonds is 4. The highest BCUT2D eigenvalue weighted by Crippen LogP contribution is 2.25. The fourth-order valence-corrected chi connectivity index (χ4v) is 2.74. The molecule has 1 aromatic heterocycles. The monoisotopic (exact) mass is 304 g/mol. The van der Waals surface area contributed by atoms with Gasteiger partial charge in [0.1, 0.15) is 0 Å². The van der Waals surface area contributed by atoms with Gasteiger partial charge in [0, 0.05) is 16.9 Å². The van der Waals surface area contributed by atoms with Gasteiger partial charge in [-0.05, 0) is 48.4 Å². The molecule has 3 heteroatoms. The van der Waals surface area contributed by atoms with Crippen LogP contribution in [0.3, 0.4) is 0 Å². The van der Waals surface area contributed by atoms with E-state index in [4.69, 9.17) is 0 Å². The first-order valence-electron chi connectivity index (χ1n) is 6.11. The summed E-state index contributed by atoms with van der Waals surface area (Å²) in [5.41, 5.74) is 3.71. The Kier molecular flexibility index (Phi) is 4.50. The van der Waals surface area contributed by atoms with Crippen molar-refractivity contribution < 1.29 is 0 Å². The second-order valence-corrected chi connectivity index (χ2v) is 5.25. The van der Waals surface area contributed by atoms with E-state index in [1.54, 1.807) is 6.20 Å². The highest BCUT2D eigenvalue weighted by molar-refractivity contribution is 9.10. The van der Waals surface area contributed by atoms with E-state index in [0.29, 0.717) is 0 Å². The van der Waals surface area contributed by atoms with Crippen molar-refractivity contribution in [3.63, 3.8) is 0 Å². The zero-order chi connectivity index (χ0) is 13.0. The number of hydrogen-bond acceptors (Lipinski definition) is 2. The quantitative estimate of drug-likeness (QED) is 0.928. The third kappa shape index (κ3) is 3.18. The van der Waals surface area contributed by atoms with Crippen molar-refractivity contribution in [2.75, 3.05) is 6.54 Å². The summed E-state index contributed by atoms with van der Waals surface area (Å²) in [7, 11) is 0. The molecule has 0 saturated heterocycles. The van der Waals surface area contributed by atoms with Crippen molar-refractivity contribution >= 4 is 15.9 Å². The smallest absolute Gasteiger partial charge is 0.0592 e. The zero-order valence-corrected chi connectivity index (χ0v) is 12.2. The Morgan fingerprint density at radius 2 is 2.11 bits per heavy atom. The molecule has 0 amide bonds. The molecule has 2 rings (SSSR count). The van der Waals surface area contributed by atoms with E-state index in [2.05, 4.69) is 64.3 Å². The Balaban J connectivity index is 2.41. The van der Waals surface area contributed by atoms with E-state index >= 15 is 0 Å². The number of hydrogen-bond donors (Lipinski definition) is 1. The zero-order valence-electron chi connectivity index (χ0n) is 10.7. The van der Waals surface area contributed by atoms with Crippen molar-refractivity contribution in [2.24, 2.45) is 0 Å². The summed E-state index contributed by atoms with van der Waals surface area (Å²) in [5.74, 6) is 0. The molecular formula is C15H17BrN2. The summed E-state index contributed by atoms with van der Waals surface area (Å²) >= 11 is 3.56. The summed E-state index contributed by atoms with van der Waals surface area (Å²) in [4.78, 5) is 4.21. The van der Waals surface area contributed by atoms with Crippen LogP contribution in [-0.2, 0) is 0 Å². The lowest BCUT2D eigenvalue weighted by molar-refractivity contribution is 0.628. The highest BCUT2D eigenvalue weighted by atomic mass is 79.9. The van der Waals surface area contributed by atoms with Crippen molar-refractivity contribution in [1.82, 2.24) is 10.3 Å². The average molecular weight is 305 g/mol. The number of aryl methyl sites for hydroxylation is 1. The number of halogens is 1. The van der Waals surface area contributed by atoms with Crippen LogP contribution in [-0.4, -0.2) is 11.5 Å². The van der Waals surface area contributed by atoms with Crippen LogP contribution in [0.15, 0.2) is 47.2 Å². The van der Waals surface area contributed by atoms with E-state index in [9.17, 15) is 0 Å². The molecule has 0 aliphatic carbocycles. The van der Waals surface area contributed by atoms with Gasteiger partial charge >= 0.3 is 0 Å². The lowest BCUT2D eigenvalue weighted by Crippen LogP contribution is -2.22. The van der Waals surface area contributed by atoms with Crippen molar-refractivity contribution in [3.8, 4) is 0 Å². The van der Waals surface area contributed by atoms with Crippen LogP contribution in [0.4, 0.5) is 0 Å². The first kappa shape index (κ1) is 13.2. The minimum absolute atomic E-state index is 0.194. The van der Waals surface area contributed by atoms with Crippen molar-refractivity contribution in [2.45, 2.75) is 19.9 Å². The Hall–Kier alpha value is -1.19. The molecule has 1 aromatic carbocycles. The Morgan fingerprint density at radius 1 is 1.28 bits per heavy atom. The van der Waals surface area contributed by atoms with Gasteiger partial charge in [0.05, 0.1) is 6.04 Å². The Morgan fingerprint density at radius 3 is 2.72 bits per heavy atom. The molecule has 0 aliphatic rings. The van der Waals surface area contributed by atoms with Crippen LogP contribution in [0.25, 0.3) is 0 Å². The first-order chi connectivity index (χ1) is 8.70. The molecule has 0 fully saturated rings. The molecule has 1 unspecified atom stereocenters. The lowest BCUT2D eigenvalue weighted by atomic mass is 9.98. The fraction of sp³-hybridized carbons (Fsp3) is 0.267. The minimum atomic E-state index is 0.194. The van der Waals surface area contributed by atoms with Crippen LogP contribution in [0, 0.1) is 6.92 Å². The first-order valence-corrected chi connectivity index (χ1v) is 6.90. The second-order valence-electron chi connectivity index (χ2n) is 4.34. The predicted octanol–water partition coefficient (Wildman–Crippen LogP) is 3.85. The molecule has 0 radical (unpaired) electrons. The molecule has 0 saturated carbocycles. The van der Waals surface area contributed by atoms with E-state index in [-0.39, 0.29) is 6.04 Å². The number of aromatic nitrogens is 1. The summed E-state index contributed by atoms with van der Waals surface area (Å²) < 4.78 is 1.12. The topological polar surface area (TPSA) is 24.9 Å². The van der Waals surface area contributed by atoms with E-state index in [1.165, 1.54) is 16.7 Å². The van der Waals surface area contributed by atoms with E-state index < -0.39 is 0 Å². The maximum Gasteiger partial charge on any atom is 0.0592 e. The van der Waals surface area contributed by atoms with E-state index in [0.717, 1.165) is 11.0 Å². The minimum Gasteiger partial charge on any atom is -0.306 e. The standard InChI is InChI=1S/C15H17BrN2/c1-3-18-15(12-5-4-6-17-10-12)13-7-11(2)8-14(16)9-13/h4-10,15,18H,3H2,1-2H3. The molecule has 0 spiro atoms. The van der Waals surface area contributed by atoms with Gasteiger partial charge in [0.15, 0.2) is 0 Å². The van der Waals surface area contributed by atoms with Gasteiger partial charge in [-0.15, -0.1) is 0 Å². The third-order valence-electron chi connectivity index (χ3n) is 2.82. The molecule has 94 valence electrons. The molecule has 0 aliphatic heterocycles. The average Bonchev–Trinajstić information content (AvgIpc) is 2.36. The van der Waals surface area contributed by atoms with Crippen molar-refractivity contribution in [3.05, 3.63) is 63.9 Å². The Bertz CT molecular complexity index is 491. The molecule has 1 heterocycles. The van der Waals surface area contributed by atoms with Gasteiger partial charge in [0.2, 0.25) is 0 Å². The highest BCUT2D eigenvalue weighted by Gasteiger charge is 2.13. The number of benzene rings is 1. The van der Waals surface area contributed by atoms with Gasteiger partial charge in [-0.2, -0.15) is 0 Å². The van der Waals surface area contributed by atoms with Crippen LogP contribution in [0.5, 0.6) is 0 Å². The third-order valence-corrected chi connectivity index (χ3v) is 3.28. The van der Waals surface area contributed by atoms with Crippen LogP contribution >= 0.6 is 15.9 Å². The molecular weight excluding hydrogens is 288 g/mol. The Labute approximate surface area is 117 Å². The fourth-order valence-electron chi connectivity index (χ4n) is 2.11. The van der Waals surface area contributed by atoms with E-state index in [1.807, 2.05) is 12.3 Å². The van der Waals surface area contributed by atoms with Gasteiger partial charge in [-0.1, -0.05) is 35.0 Å². The lowest BCUT2D eigenvalue weighted by Gasteiger charge is -2.19. The van der Waals surface area contributed by atoms with Crippen molar-refractivity contribution in [1.29, 1.82) is 0 Å². The molecule has 0 bridgehead atoms. The molecule has 18 heavy (non-hydrogen) atoms. The van der Waals surface area contributed by atoms with Crippen LogP contribution in [0.2, 0.25) is 0 Å². The number of nitrogens with one attached hydrogen (secondary N) is 1. The predicted molar refractivity (Wildman–Crippen MR) is 78.6 cm³/mol. The van der Waals surface area contributed by atoms with Gasteiger partial charge in [-0.3, -0.25) is 4.98 Å². The summed E-state index contributed by atoms with van der Waals surface area (Å²) in [6.45, 7) is 5.15.